The number of aromatic nitrogens is 3. The Balaban J connectivity index is 1.40. The van der Waals surface area contributed by atoms with Crippen molar-refractivity contribution in [2.45, 2.75) is 36.4 Å². The lowest BCUT2D eigenvalue weighted by Crippen LogP contribution is -2.38. The van der Waals surface area contributed by atoms with E-state index in [2.05, 4.69) is 42.5 Å². The molecular weight excluding hydrogens is 578 g/mol. The number of halogens is 1. The van der Waals surface area contributed by atoms with E-state index in [-0.39, 0.29) is 28.8 Å². The van der Waals surface area contributed by atoms with Gasteiger partial charge in [0, 0.05) is 28.4 Å². The minimum Gasteiger partial charge on any atom is -0.465 e. The highest BCUT2D eigenvalue weighted by atomic mass is 79.9. The molecule has 0 bridgehead atoms. The van der Waals surface area contributed by atoms with Gasteiger partial charge in [0.2, 0.25) is 11.0 Å². The first-order valence-electron chi connectivity index (χ1n) is 11.3. The summed E-state index contributed by atoms with van der Waals surface area (Å²) in [5, 5.41) is 21.7. The molecule has 1 unspecified atom stereocenters. The molecule has 3 N–H and O–H groups in total. The van der Waals surface area contributed by atoms with Gasteiger partial charge in [-0.1, -0.05) is 23.1 Å². The van der Waals surface area contributed by atoms with E-state index in [4.69, 9.17) is 10.2 Å². The average molecular weight is 599 g/mol. The van der Waals surface area contributed by atoms with Crippen molar-refractivity contribution in [1.29, 1.82) is 5.26 Å². The highest BCUT2D eigenvalue weighted by Gasteiger charge is 2.42. The number of furan rings is 1. The van der Waals surface area contributed by atoms with Crippen LogP contribution in [-0.4, -0.2) is 32.6 Å². The molecule has 1 amide bonds. The molecule has 13 heteroatoms. The van der Waals surface area contributed by atoms with Crippen molar-refractivity contribution in [3.05, 3.63) is 69.1 Å². The van der Waals surface area contributed by atoms with Crippen molar-refractivity contribution in [2.24, 2.45) is 5.73 Å². The van der Waals surface area contributed by atoms with E-state index in [0.717, 1.165) is 4.47 Å². The molecule has 0 radical (unpaired) electrons. The van der Waals surface area contributed by atoms with Gasteiger partial charge in [-0.25, -0.2) is 4.98 Å². The number of nitriles is 1. The number of aryl methyl sites for hydroxylation is 1. The summed E-state index contributed by atoms with van der Waals surface area (Å²) in [7, 11) is 0. The van der Waals surface area contributed by atoms with E-state index < -0.39 is 5.92 Å². The van der Waals surface area contributed by atoms with E-state index >= 15 is 0 Å². The third-order valence-corrected chi connectivity index (χ3v) is 8.38. The normalized spacial score (nSPS) is 17.6. The van der Waals surface area contributed by atoms with Crippen molar-refractivity contribution in [2.75, 3.05) is 16.0 Å². The van der Waals surface area contributed by atoms with Gasteiger partial charge in [-0.15, -0.1) is 10.2 Å². The van der Waals surface area contributed by atoms with Crippen LogP contribution < -0.4 is 16.0 Å². The van der Waals surface area contributed by atoms with Gasteiger partial charge < -0.3 is 15.5 Å². The van der Waals surface area contributed by atoms with Crippen molar-refractivity contribution < 1.29 is 14.0 Å². The lowest BCUT2D eigenvalue weighted by molar-refractivity contribution is -0.116. The first kappa shape index (κ1) is 25.2. The number of amides is 1. The van der Waals surface area contributed by atoms with E-state index in [1.165, 1.54) is 23.1 Å². The summed E-state index contributed by atoms with van der Waals surface area (Å²) in [6.07, 6.45) is 3.25. The highest BCUT2D eigenvalue weighted by Crippen LogP contribution is 2.47. The number of thioether (sulfide) groups is 1. The Morgan fingerprint density at radius 1 is 1.35 bits per heavy atom. The zero-order chi connectivity index (χ0) is 26.1. The number of hydrogen-bond donors (Lipinski definition) is 2. The first-order chi connectivity index (χ1) is 17.9. The topological polar surface area (TPSA) is 151 Å². The predicted octanol–water partition coefficient (Wildman–Crippen LogP) is 4.63. The monoisotopic (exact) mass is 597 g/mol. The smallest absolute Gasteiger partial charge is 0.235 e. The molecule has 10 nitrogen and oxygen atoms in total. The minimum atomic E-state index is -0.657. The van der Waals surface area contributed by atoms with E-state index in [0.29, 0.717) is 57.3 Å². The maximum atomic E-state index is 13.1. The SMILES string of the molecule is Cc1ccc(C2C(C#N)=C(N)N(c3nnc(SCC(=O)Nc4ccc(Br)cn4)s3)C3=C2C(=O)CCC3)o1. The second-order valence-electron chi connectivity index (χ2n) is 8.31. The van der Waals surface area contributed by atoms with Crippen molar-refractivity contribution >= 4 is 61.7 Å². The van der Waals surface area contributed by atoms with Crippen molar-refractivity contribution in [1.82, 2.24) is 15.2 Å². The number of rotatable bonds is 6. The van der Waals surface area contributed by atoms with Gasteiger partial charge in [-0.05, 0) is 60.0 Å². The zero-order valence-corrected chi connectivity index (χ0v) is 22.7. The van der Waals surface area contributed by atoms with Gasteiger partial charge in [0.25, 0.3) is 0 Å². The Bertz CT molecular complexity index is 1490. The largest absolute Gasteiger partial charge is 0.465 e. The molecule has 37 heavy (non-hydrogen) atoms. The molecule has 3 aromatic rings. The van der Waals surface area contributed by atoms with E-state index in [9.17, 15) is 14.9 Å². The Morgan fingerprint density at radius 3 is 2.89 bits per heavy atom. The van der Waals surface area contributed by atoms with Crippen LogP contribution in [0.1, 0.15) is 36.7 Å². The molecule has 3 aromatic heterocycles. The number of nitrogens with one attached hydrogen (secondary N) is 1. The summed E-state index contributed by atoms with van der Waals surface area (Å²) in [4.78, 5) is 31.3. The van der Waals surface area contributed by atoms with Crippen LogP contribution in [0.3, 0.4) is 0 Å². The summed E-state index contributed by atoms with van der Waals surface area (Å²) in [5.41, 5.74) is 7.98. The van der Waals surface area contributed by atoms with E-state index in [1.54, 1.807) is 35.4 Å². The number of pyridine rings is 1. The number of nitrogens with two attached hydrogens (primary N) is 1. The fraction of sp³-hybridized carbons (Fsp3) is 0.250. The van der Waals surface area contributed by atoms with Gasteiger partial charge in [0.05, 0.1) is 23.3 Å². The molecule has 1 atom stereocenters. The van der Waals surface area contributed by atoms with E-state index in [1.807, 2.05) is 6.92 Å². The Morgan fingerprint density at radius 2 is 2.19 bits per heavy atom. The molecule has 0 spiro atoms. The summed E-state index contributed by atoms with van der Waals surface area (Å²) < 4.78 is 7.19. The predicted molar refractivity (Wildman–Crippen MR) is 143 cm³/mol. The lowest BCUT2D eigenvalue weighted by atomic mass is 9.78. The Kier molecular flexibility index (Phi) is 7.14. The van der Waals surface area contributed by atoms with Gasteiger partial charge in [0.15, 0.2) is 10.1 Å². The molecule has 5 rings (SSSR count). The number of Topliss-reactive ketones (excluding diaryl/α,β-unsaturated/α-hetero) is 1. The van der Waals surface area contributed by atoms with Crippen LogP contribution in [0.25, 0.3) is 0 Å². The number of hydrogen-bond acceptors (Lipinski definition) is 11. The van der Waals surface area contributed by atoms with Gasteiger partial charge >= 0.3 is 0 Å². The van der Waals surface area contributed by atoms with Crippen LogP contribution in [0.5, 0.6) is 0 Å². The first-order valence-corrected chi connectivity index (χ1v) is 13.9. The maximum Gasteiger partial charge on any atom is 0.235 e. The maximum absolute atomic E-state index is 13.1. The third kappa shape index (κ3) is 5.04. The number of allylic oxidation sites excluding steroid dienone is 3. The number of carbonyl (C=O) groups is 2. The zero-order valence-electron chi connectivity index (χ0n) is 19.5. The molecular formula is C24H20BrN7O3S2. The van der Waals surface area contributed by atoms with Crippen LogP contribution >= 0.6 is 39.0 Å². The second-order valence-corrected chi connectivity index (χ2v) is 11.4. The Labute approximate surface area is 228 Å². The third-order valence-electron chi connectivity index (χ3n) is 5.87. The molecule has 1 aliphatic carbocycles. The number of nitrogens with zero attached hydrogens (tertiary/aromatic N) is 5. The standard InChI is InChI=1S/C24H20BrN7O3S2/c1-12-5-7-17(35-12)20-14(9-26)22(27)32(15-3-2-4-16(33)21(15)20)23-30-31-24(37-23)36-11-19(34)29-18-8-6-13(25)10-28-18/h5-8,10,20H,2-4,11,27H2,1H3,(H,28,29,34). The number of anilines is 2. The summed E-state index contributed by atoms with van der Waals surface area (Å²) in [6.45, 7) is 1.81. The summed E-state index contributed by atoms with van der Waals surface area (Å²) >= 11 is 5.77. The molecule has 0 aromatic carbocycles. The van der Waals surface area contributed by atoms with Crippen molar-refractivity contribution in [3.63, 3.8) is 0 Å². The van der Waals surface area contributed by atoms with Crippen LogP contribution in [0.15, 0.2) is 66.4 Å². The molecule has 2 aliphatic rings. The molecule has 0 fully saturated rings. The molecule has 188 valence electrons. The average Bonchev–Trinajstić information content (AvgIpc) is 3.52. The highest BCUT2D eigenvalue weighted by molar-refractivity contribution is 9.10. The van der Waals surface area contributed by atoms with Crippen LogP contribution in [0.4, 0.5) is 10.9 Å². The van der Waals surface area contributed by atoms with Gasteiger partial charge in [-0.3, -0.25) is 14.5 Å². The lowest BCUT2D eigenvalue weighted by Gasteiger charge is -2.37. The molecule has 0 saturated heterocycles. The van der Waals surface area contributed by atoms with Crippen LogP contribution in [0.2, 0.25) is 0 Å². The minimum absolute atomic E-state index is 0.0390. The fourth-order valence-corrected chi connectivity index (χ4v) is 6.22. The summed E-state index contributed by atoms with van der Waals surface area (Å²) in [6, 6.07) is 9.26. The fourth-order valence-electron chi connectivity index (χ4n) is 4.31. The van der Waals surface area contributed by atoms with Gasteiger partial charge in [-0.2, -0.15) is 5.26 Å². The summed E-state index contributed by atoms with van der Waals surface area (Å²) in [5.74, 6) is 1.02. The van der Waals surface area contributed by atoms with Gasteiger partial charge in [0.1, 0.15) is 23.2 Å². The number of carbonyl (C=O) groups excluding carboxylic acids is 2. The number of ketones is 1. The van der Waals surface area contributed by atoms with Crippen molar-refractivity contribution in [3.8, 4) is 6.07 Å². The molecule has 4 heterocycles. The molecule has 1 aliphatic heterocycles. The molecule has 0 saturated carbocycles. The van der Waals surface area contributed by atoms with Crippen LogP contribution in [-0.2, 0) is 9.59 Å². The Hall–Kier alpha value is -3.47. The quantitative estimate of drug-likeness (QED) is 0.384. The van der Waals surface area contributed by atoms with Crippen LogP contribution in [0, 0.1) is 18.3 Å². The second kappa shape index (κ2) is 10.5.